The van der Waals surface area contributed by atoms with Crippen molar-refractivity contribution in [2.24, 2.45) is 0 Å². The topological polar surface area (TPSA) is 128 Å². The summed E-state index contributed by atoms with van der Waals surface area (Å²) in [6, 6.07) is 6.56. The Bertz CT molecular complexity index is 1490. The summed E-state index contributed by atoms with van der Waals surface area (Å²) < 4.78 is 31.3. The van der Waals surface area contributed by atoms with Crippen LogP contribution in [-0.2, 0) is 34.0 Å². The molecule has 0 aromatic carbocycles. The summed E-state index contributed by atoms with van der Waals surface area (Å²) in [7, 11) is 1.64. The number of nitrogens with one attached hydrogen (secondary N) is 1. The van der Waals surface area contributed by atoms with Gasteiger partial charge >= 0.3 is 0 Å². The highest BCUT2D eigenvalue weighted by Gasteiger charge is 2.35. The predicted molar refractivity (Wildman–Crippen MR) is 136 cm³/mol. The average molecular weight is 519 g/mol. The van der Waals surface area contributed by atoms with Crippen LogP contribution in [0, 0.1) is 5.82 Å². The number of nitrogen functional groups attached to an aromatic ring is 1. The first kappa shape index (κ1) is 24.4. The van der Waals surface area contributed by atoms with Gasteiger partial charge < -0.3 is 29.8 Å². The number of methoxy groups -OCH3 is 1. The fraction of sp³-hybridized carbons (Fsp3) is 0.333. The van der Waals surface area contributed by atoms with Crippen molar-refractivity contribution in [1.82, 2.24) is 24.8 Å². The van der Waals surface area contributed by atoms with E-state index in [0.29, 0.717) is 66.7 Å². The number of rotatable bonds is 6. The number of hydrogen-bond donors (Lipinski definition) is 2. The summed E-state index contributed by atoms with van der Waals surface area (Å²) in [5.74, 6) is -0.251. The third kappa shape index (κ3) is 4.38. The molecule has 1 fully saturated rings. The number of pyridine rings is 3. The van der Waals surface area contributed by atoms with E-state index in [4.69, 9.17) is 19.9 Å². The number of halogens is 1. The van der Waals surface area contributed by atoms with Crippen molar-refractivity contribution in [2.45, 2.75) is 38.3 Å². The van der Waals surface area contributed by atoms with Crippen LogP contribution in [0.4, 0.5) is 10.2 Å². The Morgan fingerprint density at radius 3 is 2.89 bits per heavy atom. The van der Waals surface area contributed by atoms with Crippen molar-refractivity contribution in [2.75, 3.05) is 26.1 Å². The highest BCUT2D eigenvalue weighted by atomic mass is 19.1. The lowest BCUT2D eigenvalue weighted by molar-refractivity contribution is -0.0716. The van der Waals surface area contributed by atoms with Gasteiger partial charge in [0.15, 0.2) is 0 Å². The minimum absolute atomic E-state index is 0.200. The van der Waals surface area contributed by atoms with E-state index in [2.05, 4.69) is 19.9 Å². The standard InChI is InChI=1S/C27H27FN6O4/c1-36-24-5-7-37-14-23(24)34(11-16-3-2-15(9-31-16)17-4-6-30-10-20(17)28)27(35)22-8-21-25(32-22)18-12-38-13-19(18)26(29)33-21/h2-4,6,8-10,23-24,32H,5,7,11-14H2,1H3,(H2,29,33)/t23-,24-/m1/s1. The second-order valence-corrected chi connectivity index (χ2v) is 9.42. The fourth-order valence-corrected chi connectivity index (χ4v) is 5.18. The lowest BCUT2D eigenvalue weighted by Crippen LogP contribution is -2.52. The third-order valence-electron chi connectivity index (χ3n) is 7.21. The fourth-order valence-electron chi connectivity index (χ4n) is 5.18. The Labute approximate surface area is 218 Å². The minimum atomic E-state index is -0.425. The number of amides is 1. The van der Waals surface area contributed by atoms with Crippen LogP contribution in [0.15, 0.2) is 42.9 Å². The Hall–Kier alpha value is -3.93. The van der Waals surface area contributed by atoms with Crippen molar-refractivity contribution < 1.29 is 23.4 Å². The molecule has 0 radical (unpaired) electrons. The van der Waals surface area contributed by atoms with Crippen LogP contribution in [0.3, 0.4) is 0 Å². The zero-order chi connectivity index (χ0) is 26.2. The van der Waals surface area contributed by atoms with Gasteiger partial charge in [0.25, 0.3) is 5.91 Å². The number of H-pyrrole nitrogens is 1. The summed E-state index contributed by atoms with van der Waals surface area (Å²) in [5, 5.41) is 0. The first-order valence-corrected chi connectivity index (χ1v) is 12.4. The number of aromatic nitrogens is 4. The molecule has 4 aromatic rings. The molecule has 0 saturated carbocycles. The number of carbonyl (C=O) groups is 1. The molecule has 2 atom stereocenters. The van der Waals surface area contributed by atoms with Gasteiger partial charge in [0.1, 0.15) is 17.3 Å². The quantitative estimate of drug-likeness (QED) is 0.398. The van der Waals surface area contributed by atoms with E-state index in [1.807, 2.05) is 0 Å². The van der Waals surface area contributed by atoms with Crippen LogP contribution in [0.1, 0.15) is 33.7 Å². The van der Waals surface area contributed by atoms with E-state index in [1.165, 1.54) is 12.4 Å². The Kier molecular flexibility index (Phi) is 6.48. The molecule has 38 heavy (non-hydrogen) atoms. The predicted octanol–water partition coefficient (Wildman–Crippen LogP) is 3.22. The molecule has 0 spiro atoms. The van der Waals surface area contributed by atoms with E-state index in [0.717, 1.165) is 16.6 Å². The molecule has 196 valence electrons. The second-order valence-electron chi connectivity index (χ2n) is 9.42. The highest BCUT2D eigenvalue weighted by molar-refractivity contribution is 5.98. The van der Waals surface area contributed by atoms with E-state index in [9.17, 15) is 9.18 Å². The first-order valence-electron chi connectivity index (χ1n) is 12.4. The van der Waals surface area contributed by atoms with Crippen molar-refractivity contribution >= 4 is 22.8 Å². The largest absolute Gasteiger partial charge is 0.383 e. The normalized spacial score (nSPS) is 19.0. The van der Waals surface area contributed by atoms with Gasteiger partial charge in [0.05, 0.1) is 61.4 Å². The molecule has 6 rings (SSSR count). The summed E-state index contributed by atoms with van der Waals surface area (Å²) in [5.41, 5.74) is 11.3. The minimum Gasteiger partial charge on any atom is -0.383 e. The lowest BCUT2D eigenvalue weighted by atomic mass is 10.0. The van der Waals surface area contributed by atoms with Gasteiger partial charge in [-0.25, -0.2) is 9.37 Å². The molecule has 4 aromatic heterocycles. The molecule has 1 amide bonds. The van der Waals surface area contributed by atoms with Crippen LogP contribution < -0.4 is 5.73 Å². The molecule has 10 nitrogen and oxygen atoms in total. The van der Waals surface area contributed by atoms with Gasteiger partial charge in [-0.1, -0.05) is 6.07 Å². The van der Waals surface area contributed by atoms with Crippen molar-refractivity contribution in [3.63, 3.8) is 0 Å². The average Bonchev–Trinajstić information content (AvgIpc) is 3.60. The Morgan fingerprint density at radius 2 is 2.11 bits per heavy atom. The zero-order valence-electron chi connectivity index (χ0n) is 20.8. The van der Waals surface area contributed by atoms with E-state index in [1.54, 1.807) is 42.5 Å². The number of hydrogen-bond acceptors (Lipinski definition) is 8. The molecule has 2 aliphatic heterocycles. The van der Waals surface area contributed by atoms with Crippen molar-refractivity contribution in [3.8, 4) is 11.1 Å². The van der Waals surface area contributed by atoms with Gasteiger partial charge in [-0.3, -0.25) is 14.8 Å². The van der Waals surface area contributed by atoms with Crippen molar-refractivity contribution in [3.05, 3.63) is 71.2 Å². The van der Waals surface area contributed by atoms with Crippen LogP contribution >= 0.6 is 0 Å². The Balaban J connectivity index is 1.34. The SMILES string of the molecule is CO[C@@H]1CCOC[C@H]1N(Cc1ccc(-c2ccncc2F)cn1)C(=O)c1cc2nc(N)c3c(c2[nH]1)COC3. The highest BCUT2D eigenvalue weighted by Crippen LogP contribution is 2.32. The van der Waals surface area contributed by atoms with Gasteiger partial charge in [0.2, 0.25) is 0 Å². The molecular weight excluding hydrogens is 491 g/mol. The molecule has 0 bridgehead atoms. The van der Waals surface area contributed by atoms with E-state index >= 15 is 0 Å². The van der Waals surface area contributed by atoms with Crippen LogP contribution in [0.2, 0.25) is 0 Å². The van der Waals surface area contributed by atoms with E-state index in [-0.39, 0.29) is 24.6 Å². The molecular formula is C27H27FN6O4. The van der Waals surface area contributed by atoms with Gasteiger partial charge in [0, 0.05) is 48.4 Å². The molecule has 0 aliphatic carbocycles. The number of nitrogens with two attached hydrogens (primary N) is 1. The summed E-state index contributed by atoms with van der Waals surface area (Å²) in [6.07, 6.45) is 4.76. The van der Waals surface area contributed by atoms with Crippen LogP contribution in [-0.4, -0.2) is 63.2 Å². The summed E-state index contributed by atoms with van der Waals surface area (Å²) >= 11 is 0. The molecule has 0 unspecified atom stereocenters. The van der Waals surface area contributed by atoms with Gasteiger partial charge in [-0.2, -0.15) is 0 Å². The molecule has 1 saturated heterocycles. The summed E-state index contributed by atoms with van der Waals surface area (Å²) in [6.45, 7) is 1.91. The number of fused-ring (bicyclic) bond motifs is 3. The monoisotopic (exact) mass is 518 g/mol. The molecule has 6 heterocycles. The zero-order valence-corrected chi connectivity index (χ0v) is 20.8. The number of nitrogens with zero attached hydrogens (tertiary/aromatic N) is 4. The van der Waals surface area contributed by atoms with Gasteiger partial charge in [-0.05, 0) is 24.6 Å². The number of anilines is 1. The van der Waals surface area contributed by atoms with E-state index < -0.39 is 5.82 Å². The maximum Gasteiger partial charge on any atom is 0.271 e. The van der Waals surface area contributed by atoms with Gasteiger partial charge in [-0.15, -0.1) is 0 Å². The van der Waals surface area contributed by atoms with Crippen molar-refractivity contribution in [1.29, 1.82) is 0 Å². The van der Waals surface area contributed by atoms with Crippen LogP contribution in [0.25, 0.3) is 22.2 Å². The number of aromatic amines is 1. The first-order chi connectivity index (χ1) is 18.5. The third-order valence-corrected chi connectivity index (χ3v) is 7.21. The maximum atomic E-state index is 14.2. The lowest BCUT2D eigenvalue weighted by Gasteiger charge is -2.38. The number of ether oxygens (including phenoxy) is 3. The molecule has 2 aliphatic rings. The summed E-state index contributed by atoms with van der Waals surface area (Å²) in [4.78, 5) is 31.8. The molecule has 11 heteroatoms. The number of carbonyl (C=O) groups excluding carboxylic acids is 1. The maximum absolute atomic E-state index is 14.2. The van der Waals surface area contributed by atoms with Crippen LogP contribution in [0.5, 0.6) is 0 Å². The second kappa shape index (κ2) is 10.1. The Morgan fingerprint density at radius 1 is 1.24 bits per heavy atom. The smallest absolute Gasteiger partial charge is 0.271 e. The molecule has 3 N–H and O–H groups in total.